The van der Waals surface area contributed by atoms with Crippen molar-refractivity contribution >= 4 is 5.95 Å². The Labute approximate surface area is 139 Å². The summed E-state index contributed by atoms with van der Waals surface area (Å²) in [4.78, 5) is 10.3. The van der Waals surface area contributed by atoms with Gasteiger partial charge in [0.1, 0.15) is 11.9 Å². The van der Waals surface area contributed by atoms with Gasteiger partial charge in [-0.1, -0.05) is 12.1 Å². The van der Waals surface area contributed by atoms with Crippen molar-refractivity contribution in [2.75, 3.05) is 31.1 Å². The van der Waals surface area contributed by atoms with E-state index in [1.54, 1.807) is 19.1 Å². The minimum Gasteiger partial charge on any atom is -0.468 e. The molecule has 2 aromatic rings. The Bertz CT molecular complexity index is 673. The average Bonchev–Trinajstić information content (AvgIpc) is 2.87. The van der Waals surface area contributed by atoms with Crippen LogP contribution in [-0.2, 0) is 0 Å². The molecule has 7 heteroatoms. The van der Waals surface area contributed by atoms with E-state index in [4.69, 9.17) is 4.74 Å². The highest BCUT2D eigenvalue weighted by Crippen LogP contribution is 2.24. The maximum absolute atomic E-state index is 14.0. The second kappa shape index (κ2) is 7.53. The first-order valence-corrected chi connectivity index (χ1v) is 8.04. The van der Waals surface area contributed by atoms with Gasteiger partial charge in [-0.05, 0) is 37.6 Å². The Balaban J connectivity index is 1.77. The van der Waals surface area contributed by atoms with Crippen molar-refractivity contribution in [3.8, 4) is 5.88 Å². The van der Waals surface area contributed by atoms with Crippen molar-refractivity contribution < 1.29 is 13.5 Å². The lowest BCUT2D eigenvalue weighted by Gasteiger charge is -2.21. The van der Waals surface area contributed by atoms with E-state index in [2.05, 4.69) is 15.3 Å². The van der Waals surface area contributed by atoms with Crippen molar-refractivity contribution in [1.29, 1.82) is 0 Å². The molecule has 1 saturated heterocycles. The van der Waals surface area contributed by atoms with Crippen molar-refractivity contribution in [2.45, 2.75) is 19.4 Å². The van der Waals surface area contributed by atoms with Gasteiger partial charge < -0.3 is 15.0 Å². The van der Waals surface area contributed by atoms with E-state index >= 15 is 0 Å². The number of aromatic nitrogens is 2. The number of nitrogens with one attached hydrogen (secondary N) is 1. The minimum atomic E-state index is -0.611. The summed E-state index contributed by atoms with van der Waals surface area (Å²) in [5, 5.41) is 3.30. The lowest BCUT2D eigenvalue weighted by atomic mass is 10.1. The highest BCUT2D eigenvalue weighted by atomic mass is 19.1. The topological polar surface area (TPSA) is 50.3 Å². The van der Waals surface area contributed by atoms with Crippen LogP contribution in [0.15, 0.2) is 30.5 Å². The van der Waals surface area contributed by atoms with Crippen molar-refractivity contribution in [3.05, 3.63) is 47.7 Å². The molecule has 0 amide bonds. The second-order valence-corrected chi connectivity index (χ2v) is 5.73. The summed E-state index contributed by atoms with van der Waals surface area (Å²) in [5.74, 6) is -0.563. The number of anilines is 1. The molecular formula is C17H20F2N4O. The summed E-state index contributed by atoms with van der Waals surface area (Å²) in [6.45, 7) is 5.13. The van der Waals surface area contributed by atoms with Gasteiger partial charge in [0.15, 0.2) is 0 Å². The van der Waals surface area contributed by atoms with Gasteiger partial charge in [0.05, 0.1) is 6.20 Å². The third-order valence-electron chi connectivity index (χ3n) is 3.95. The molecule has 1 N–H and O–H groups in total. The van der Waals surface area contributed by atoms with Crippen LogP contribution in [0.25, 0.3) is 0 Å². The zero-order chi connectivity index (χ0) is 16.9. The number of rotatable bonds is 4. The average molecular weight is 334 g/mol. The van der Waals surface area contributed by atoms with E-state index < -0.39 is 11.9 Å². The fourth-order valence-corrected chi connectivity index (χ4v) is 2.59. The summed E-state index contributed by atoms with van der Waals surface area (Å²) in [5.41, 5.74) is 0.745. The van der Waals surface area contributed by atoms with Gasteiger partial charge >= 0.3 is 0 Å². The third-order valence-corrected chi connectivity index (χ3v) is 3.95. The Morgan fingerprint density at radius 2 is 1.96 bits per heavy atom. The maximum atomic E-state index is 14.0. The first kappa shape index (κ1) is 16.6. The van der Waals surface area contributed by atoms with Gasteiger partial charge in [-0.3, -0.25) is 0 Å². The Morgan fingerprint density at radius 3 is 2.75 bits per heavy atom. The Kier molecular flexibility index (Phi) is 5.20. The van der Waals surface area contributed by atoms with Crippen molar-refractivity contribution in [2.24, 2.45) is 0 Å². The summed E-state index contributed by atoms with van der Waals surface area (Å²) >= 11 is 0. The first-order valence-electron chi connectivity index (χ1n) is 8.04. The third kappa shape index (κ3) is 3.97. The molecule has 2 heterocycles. The number of halogens is 2. The number of nitrogens with zero attached hydrogens (tertiary/aromatic N) is 3. The molecule has 1 atom stereocenters. The lowest BCUT2D eigenvalue weighted by Crippen LogP contribution is -2.29. The number of hydrogen-bond donors (Lipinski definition) is 1. The summed E-state index contributed by atoms with van der Waals surface area (Å²) in [6.07, 6.45) is 1.66. The van der Waals surface area contributed by atoms with Crippen LogP contribution >= 0.6 is 0 Å². The van der Waals surface area contributed by atoms with Crippen LogP contribution in [0, 0.1) is 11.6 Å². The van der Waals surface area contributed by atoms with E-state index in [0.29, 0.717) is 5.95 Å². The zero-order valence-electron chi connectivity index (χ0n) is 13.5. The molecule has 1 aliphatic rings. The second-order valence-electron chi connectivity index (χ2n) is 5.73. The summed E-state index contributed by atoms with van der Waals surface area (Å²) < 4.78 is 32.7. The highest BCUT2D eigenvalue weighted by molar-refractivity contribution is 5.33. The standard InChI is InChI=1S/C17H20F2N4O/c1-12(13-3-5-14(18)6-4-13)24-16-15(19)11-21-17(22-16)23-9-2-7-20-8-10-23/h3-6,11-12,20H,2,7-10H2,1H3/t12-/m1/s1. The van der Waals surface area contributed by atoms with Gasteiger partial charge in [-0.25, -0.2) is 9.37 Å². The number of benzene rings is 1. The molecule has 0 saturated carbocycles. The molecule has 128 valence electrons. The van der Waals surface area contributed by atoms with Gasteiger partial charge in [-0.15, -0.1) is 0 Å². The number of ether oxygens (including phenoxy) is 1. The maximum Gasteiger partial charge on any atom is 0.255 e. The minimum absolute atomic E-state index is 0.0889. The van der Waals surface area contributed by atoms with Gasteiger partial charge in [0.2, 0.25) is 11.8 Å². The summed E-state index contributed by atoms with van der Waals surface area (Å²) in [7, 11) is 0. The summed E-state index contributed by atoms with van der Waals surface area (Å²) in [6, 6.07) is 5.92. The molecular weight excluding hydrogens is 314 g/mol. The van der Waals surface area contributed by atoms with E-state index in [-0.39, 0.29) is 11.7 Å². The molecule has 0 bridgehead atoms. The van der Waals surface area contributed by atoms with Crippen LogP contribution in [0.5, 0.6) is 5.88 Å². The van der Waals surface area contributed by atoms with Crippen LogP contribution in [0.4, 0.5) is 14.7 Å². The van der Waals surface area contributed by atoms with E-state index in [9.17, 15) is 8.78 Å². The normalized spacial score (nSPS) is 16.5. The monoisotopic (exact) mass is 334 g/mol. The lowest BCUT2D eigenvalue weighted by molar-refractivity contribution is 0.205. The van der Waals surface area contributed by atoms with Gasteiger partial charge in [0.25, 0.3) is 5.88 Å². The molecule has 1 aromatic carbocycles. The molecule has 1 aliphatic heterocycles. The Morgan fingerprint density at radius 1 is 1.17 bits per heavy atom. The largest absolute Gasteiger partial charge is 0.468 e. The smallest absolute Gasteiger partial charge is 0.255 e. The fraction of sp³-hybridized carbons (Fsp3) is 0.412. The molecule has 0 spiro atoms. The first-order chi connectivity index (χ1) is 11.6. The van der Waals surface area contributed by atoms with Crippen molar-refractivity contribution in [3.63, 3.8) is 0 Å². The van der Waals surface area contributed by atoms with Crippen LogP contribution in [0.3, 0.4) is 0 Å². The quantitative estimate of drug-likeness (QED) is 0.932. The van der Waals surface area contributed by atoms with Crippen LogP contribution < -0.4 is 15.0 Å². The van der Waals surface area contributed by atoms with E-state index in [1.807, 2.05) is 4.90 Å². The predicted octanol–water partition coefficient (Wildman–Crippen LogP) is 2.69. The molecule has 0 aliphatic carbocycles. The van der Waals surface area contributed by atoms with Crippen LogP contribution in [0.2, 0.25) is 0 Å². The van der Waals surface area contributed by atoms with Crippen LogP contribution in [-0.4, -0.2) is 36.1 Å². The van der Waals surface area contributed by atoms with E-state index in [0.717, 1.165) is 44.4 Å². The molecule has 0 radical (unpaired) electrons. The van der Waals surface area contributed by atoms with Gasteiger partial charge in [0, 0.05) is 19.6 Å². The molecule has 24 heavy (non-hydrogen) atoms. The number of hydrogen-bond acceptors (Lipinski definition) is 5. The van der Waals surface area contributed by atoms with Crippen molar-refractivity contribution in [1.82, 2.24) is 15.3 Å². The molecule has 1 aromatic heterocycles. The fourth-order valence-electron chi connectivity index (χ4n) is 2.59. The molecule has 1 fully saturated rings. The zero-order valence-corrected chi connectivity index (χ0v) is 13.5. The van der Waals surface area contributed by atoms with Crippen LogP contribution in [0.1, 0.15) is 25.0 Å². The van der Waals surface area contributed by atoms with E-state index in [1.165, 1.54) is 12.1 Å². The van der Waals surface area contributed by atoms with Gasteiger partial charge in [-0.2, -0.15) is 9.37 Å². The SMILES string of the molecule is C[C@@H](Oc1nc(N2CCCNCC2)ncc1F)c1ccc(F)cc1. The molecule has 5 nitrogen and oxygen atoms in total. The molecule has 0 unspecified atom stereocenters. The molecule has 3 rings (SSSR count). The predicted molar refractivity (Wildman–Crippen MR) is 87.1 cm³/mol. The highest BCUT2D eigenvalue weighted by Gasteiger charge is 2.17. The Hall–Kier alpha value is -2.28.